The fourth-order valence-corrected chi connectivity index (χ4v) is 2.03. The van der Waals surface area contributed by atoms with E-state index in [0.717, 1.165) is 18.4 Å². The Balaban J connectivity index is 1.98. The van der Waals surface area contributed by atoms with Gasteiger partial charge in [-0.3, -0.25) is 5.21 Å². The largest absolute Gasteiger partial charge is 0.350 e. The van der Waals surface area contributed by atoms with E-state index in [1.807, 2.05) is 30.3 Å². The third-order valence-corrected chi connectivity index (χ3v) is 3.02. The van der Waals surface area contributed by atoms with Crippen LogP contribution in [0.15, 0.2) is 30.3 Å². The summed E-state index contributed by atoms with van der Waals surface area (Å²) in [6.07, 6.45) is 1.38. The number of rotatable bonds is 2. The first-order valence-corrected chi connectivity index (χ1v) is 5.59. The van der Waals surface area contributed by atoms with Crippen LogP contribution in [0.1, 0.15) is 24.5 Å². The maximum atomic E-state index is 11.2. The molecule has 5 nitrogen and oxygen atoms in total. The van der Waals surface area contributed by atoms with Crippen molar-refractivity contribution in [2.24, 2.45) is 0 Å². The second-order valence-electron chi connectivity index (χ2n) is 4.10. The second kappa shape index (κ2) is 5.16. The van der Waals surface area contributed by atoms with E-state index in [0.29, 0.717) is 0 Å². The number of benzene rings is 1. The summed E-state index contributed by atoms with van der Waals surface area (Å²) in [6.45, 7) is 0. The summed E-state index contributed by atoms with van der Waals surface area (Å²) in [6, 6.07) is 9.37. The number of amides is 2. The quantitative estimate of drug-likeness (QED) is 0.609. The van der Waals surface area contributed by atoms with Gasteiger partial charge in [0.05, 0.1) is 6.10 Å². The smallest absolute Gasteiger partial charge is 0.342 e. The Kier molecular flexibility index (Phi) is 3.61. The third-order valence-electron chi connectivity index (χ3n) is 3.02. The Labute approximate surface area is 99.9 Å². The van der Waals surface area contributed by atoms with E-state index in [9.17, 15) is 4.79 Å². The van der Waals surface area contributed by atoms with E-state index in [-0.39, 0.29) is 12.3 Å². The summed E-state index contributed by atoms with van der Waals surface area (Å²) in [7, 11) is 1.60. The molecule has 2 rings (SSSR count). The van der Waals surface area contributed by atoms with Crippen LogP contribution in [0.2, 0.25) is 0 Å². The van der Waals surface area contributed by atoms with E-state index in [1.165, 1.54) is 4.90 Å². The highest BCUT2D eigenvalue weighted by Crippen LogP contribution is 2.33. The van der Waals surface area contributed by atoms with Gasteiger partial charge in [0.15, 0.2) is 0 Å². The highest BCUT2D eigenvalue weighted by atomic mass is 16.5. The molecular weight excluding hydrogens is 220 g/mol. The molecule has 0 bridgehead atoms. The zero-order valence-corrected chi connectivity index (χ0v) is 9.67. The molecule has 0 radical (unpaired) electrons. The molecule has 2 unspecified atom stereocenters. The van der Waals surface area contributed by atoms with Crippen molar-refractivity contribution in [1.29, 1.82) is 0 Å². The average Bonchev–Trinajstić information content (AvgIpc) is 2.87. The second-order valence-corrected chi connectivity index (χ2v) is 4.10. The van der Waals surface area contributed by atoms with E-state index in [1.54, 1.807) is 12.5 Å². The molecule has 2 N–H and O–H groups in total. The summed E-state index contributed by atoms with van der Waals surface area (Å²) in [5.74, 6) is 0. The fourth-order valence-electron chi connectivity index (χ4n) is 2.03. The summed E-state index contributed by atoms with van der Waals surface area (Å²) in [5.41, 5.74) is 2.72. The molecule has 17 heavy (non-hydrogen) atoms. The number of nitrogens with one attached hydrogen (secondary N) is 1. The first-order chi connectivity index (χ1) is 8.22. The number of carbonyl (C=O) groups is 1. The topological polar surface area (TPSA) is 61.8 Å². The molecule has 0 aliphatic carbocycles. The lowest BCUT2D eigenvalue weighted by Gasteiger charge is -2.23. The van der Waals surface area contributed by atoms with Gasteiger partial charge in [-0.15, -0.1) is 0 Å². The van der Waals surface area contributed by atoms with Gasteiger partial charge in [0.1, 0.15) is 6.23 Å². The van der Waals surface area contributed by atoms with Crippen LogP contribution in [-0.4, -0.2) is 29.4 Å². The van der Waals surface area contributed by atoms with Gasteiger partial charge in [-0.05, 0) is 18.4 Å². The molecule has 92 valence electrons. The number of hydrogen-bond acceptors (Lipinski definition) is 3. The van der Waals surface area contributed by atoms with Crippen molar-refractivity contribution < 1.29 is 14.7 Å². The van der Waals surface area contributed by atoms with Crippen molar-refractivity contribution in [3.63, 3.8) is 0 Å². The van der Waals surface area contributed by atoms with Crippen LogP contribution < -0.4 is 5.48 Å². The van der Waals surface area contributed by atoms with Crippen LogP contribution in [-0.2, 0) is 4.74 Å². The van der Waals surface area contributed by atoms with Gasteiger partial charge < -0.3 is 9.64 Å². The molecule has 1 aliphatic heterocycles. The van der Waals surface area contributed by atoms with Crippen LogP contribution in [0, 0.1) is 0 Å². The Morgan fingerprint density at radius 3 is 2.76 bits per heavy atom. The molecule has 1 aliphatic rings. The van der Waals surface area contributed by atoms with Gasteiger partial charge in [-0.1, -0.05) is 30.3 Å². The number of hydrogen-bond donors (Lipinski definition) is 2. The number of urea groups is 1. The summed E-state index contributed by atoms with van der Waals surface area (Å²) in [5, 5.41) is 8.55. The maximum Gasteiger partial charge on any atom is 0.342 e. The van der Waals surface area contributed by atoms with E-state index in [4.69, 9.17) is 9.94 Å². The molecule has 5 heteroatoms. The average molecular weight is 236 g/mol. The number of carbonyl (C=O) groups excluding carboxylic acids is 1. The molecule has 0 saturated carbocycles. The molecular formula is C12H16N2O3. The monoisotopic (exact) mass is 236 g/mol. The van der Waals surface area contributed by atoms with Crippen LogP contribution in [0.4, 0.5) is 4.79 Å². The molecule has 1 saturated heterocycles. The predicted molar refractivity (Wildman–Crippen MR) is 61.4 cm³/mol. The summed E-state index contributed by atoms with van der Waals surface area (Å²) >= 11 is 0. The minimum absolute atomic E-state index is 0.0233. The first kappa shape index (κ1) is 11.9. The van der Waals surface area contributed by atoms with E-state index in [2.05, 4.69) is 0 Å². The molecule has 2 atom stereocenters. The van der Waals surface area contributed by atoms with Gasteiger partial charge in [0, 0.05) is 7.05 Å². The summed E-state index contributed by atoms with van der Waals surface area (Å²) in [4.78, 5) is 12.6. The predicted octanol–water partition coefficient (Wildman–Crippen LogP) is 1.89. The molecule has 1 heterocycles. The van der Waals surface area contributed by atoms with Crippen molar-refractivity contribution in [3.05, 3.63) is 35.9 Å². The molecule has 2 amide bonds. The fraction of sp³-hybridized carbons (Fsp3) is 0.417. The van der Waals surface area contributed by atoms with Crippen LogP contribution in [0.5, 0.6) is 0 Å². The van der Waals surface area contributed by atoms with Gasteiger partial charge >= 0.3 is 6.03 Å². The molecule has 1 fully saturated rings. The molecule has 1 aromatic rings. The SMILES string of the molecule is CN(C(=O)NO)C1CCC(c2ccccc2)O1. The number of ether oxygens (including phenoxy) is 1. The van der Waals surface area contributed by atoms with Gasteiger partial charge in [-0.25, -0.2) is 10.3 Å². The molecule has 1 aromatic carbocycles. The normalized spacial score (nSPS) is 23.4. The van der Waals surface area contributed by atoms with Crippen molar-refractivity contribution in [1.82, 2.24) is 10.4 Å². The van der Waals surface area contributed by atoms with Gasteiger partial charge in [0.2, 0.25) is 0 Å². The van der Waals surface area contributed by atoms with E-state index >= 15 is 0 Å². The lowest BCUT2D eigenvalue weighted by Crippen LogP contribution is -2.42. The standard InChI is InChI=1S/C12H16N2O3/c1-14(12(15)13-16)11-8-7-10(17-11)9-5-3-2-4-6-9/h2-6,10-11,16H,7-8H2,1H3,(H,13,15). The van der Waals surface area contributed by atoms with Crippen LogP contribution in [0.25, 0.3) is 0 Å². The lowest BCUT2D eigenvalue weighted by atomic mass is 10.1. The van der Waals surface area contributed by atoms with Crippen molar-refractivity contribution in [2.45, 2.75) is 25.2 Å². The Morgan fingerprint density at radius 2 is 2.12 bits per heavy atom. The maximum absolute atomic E-state index is 11.2. The van der Waals surface area contributed by atoms with Gasteiger partial charge in [0.25, 0.3) is 0 Å². The Hall–Kier alpha value is -1.59. The minimum Gasteiger partial charge on any atom is -0.350 e. The van der Waals surface area contributed by atoms with Crippen molar-refractivity contribution in [2.75, 3.05) is 7.05 Å². The molecule has 0 aromatic heterocycles. The molecule has 0 spiro atoms. The van der Waals surface area contributed by atoms with Crippen molar-refractivity contribution >= 4 is 6.03 Å². The third kappa shape index (κ3) is 2.57. The van der Waals surface area contributed by atoms with Crippen molar-refractivity contribution in [3.8, 4) is 0 Å². The van der Waals surface area contributed by atoms with Gasteiger partial charge in [-0.2, -0.15) is 0 Å². The number of hydroxylamine groups is 1. The Morgan fingerprint density at radius 1 is 1.41 bits per heavy atom. The Bertz CT molecular complexity index is 383. The zero-order chi connectivity index (χ0) is 12.3. The highest BCUT2D eigenvalue weighted by molar-refractivity contribution is 5.72. The summed E-state index contributed by atoms with van der Waals surface area (Å²) < 4.78 is 5.79. The zero-order valence-electron chi connectivity index (χ0n) is 9.67. The first-order valence-electron chi connectivity index (χ1n) is 5.59. The lowest BCUT2D eigenvalue weighted by molar-refractivity contribution is -0.0310. The highest BCUT2D eigenvalue weighted by Gasteiger charge is 2.31. The number of nitrogens with zero attached hydrogens (tertiary/aromatic N) is 1. The van der Waals surface area contributed by atoms with E-state index < -0.39 is 6.03 Å². The van der Waals surface area contributed by atoms with Crippen LogP contribution >= 0.6 is 0 Å². The minimum atomic E-state index is -0.552. The van der Waals surface area contributed by atoms with Crippen LogP contribution in [0.3, 0.4) is 0 Å².